The second kappa shape index (κ2) is 12.3. The summed E-state index contributed by atoms with van der Waals surface area (Å²) in [6.45, 7) is 4.80. The first kappa shape index (κ1) is 20.8. The first-order valence-corrected chi connectivity index (χ1v) is 8.27. The minimum atomic E-state index is -3.39. The van der Waals surface area contributed by atoms with Crippen LogP contribution < -0.4 is 4.72 Å². The molecule has 0 aromatic carbocycles. The van der Waals surface area contributed by atoms with E-state index in [4.69, 9.17) is 0 Å². The number of hydrogen-bond donors (Lipinski definition) is 2. The van der Waals surface area contributed by atoms with Crippen LogP contribution in [0.1, 0.15) is 28.3 Å². The summed E-state index contributed by atoms with van der Waals surface area (Å²) in [7, 11) is -3.39. The van der Waals surface area contributed by atoms with Gasteiger partial charge >= 0.3 is 0 Å². The van der Waals surface area contributed by atoms with E-state index >= 15 is 0 Å². The van der Waals surface area contributed by atoms with E-state index in [0.29, 0.717) is 0 Å². The Labute approximate surface area is 163 Å². The maximum Gasteiger partial charge on any atom is 0.209 e. The molecule has 0 spiro atoms. The molecule has 0 fully saturated rings. The number of sulfonamides is 1. The lowest BCUT2D eigenvalue weighted by molar-refractivity contribution is 0.191. The maximum atomic E-state index is 11.0. The number of nitrogens with one attached hydrogen (secondary N) is 1. The molecule has 0 heterocycles. The molecule has 0 bridgehead atoms. The average molecular weight is 366 g/mol. The molecule has 24 heavy (non-hydrogen) atoms. The maximum absolute atomic E-state index is 11.0. The minimum absolute atomic E-state index is 0. The van der Waals surface area contributed by atoms with Gasteiger partial charge in [0.2, 0.25) is 10.0 Å². The van der Waals surface area contributed by atoms with Gasteiger partial charge in [0.05, 0.1) is 12.4 Å². The standard InChI is InChI=1S/C19H13NO3S.15H2/c1-4-5-6-7-8-9-10-11-12-13-14-15-16-17-19(21)18(2)20-24(3,22)23;;;;;;;;;;;;;;;/h17-21H,1H2,2-3H3;15*1H/t18-,19-;;;;;;;;;;;;;;;/m0.............../s1. The van der Waals surface area contributed by atoms with E-state index in [0.717, 1.165) is 6.26 Å². The Morgan fingerprint density at radius 3 is 1.79 bits per heavy atom. The highest BCUT2D eigenvalue weighted by Gasteiger charge is 2.14. The van der Waals surface area contributed by atoms with E-state index < -0.39 is 22.2 Å². The molecular formula is C19H43NO3S. The van der Waals surface area contributed by atoms with Crippen molar-refractivity contribution in [2.75, 3.05) is 6.26 Å². The molecule has 0 aliphatic rings. The zero-order valence-electron chi connectivity index (χ0n) is 13.1. The van der Waals surface area contributed by atoms with Crippen molar-refractivity contribution in [3.63, 3.8) is 0 Å². The van der Waals surface area contributed by atoms with Gasteiger partial charge in [-0.05, 0) is 82.6 Å². The van der Waals surface area contributed by atoms with Gasteiger partial charge in [0.1, 0.15) is 0 Å². The third kappa shape index (κ3) is 13.7. The molecule has 0 radical (unpaired) electrons. The van der Waals surface area contributed by atoms with Gasteiger partial charge in [-0.3, -0.25) is 0 Å². The van der Waals surface area contributed by atoms with Crippen LogP contribution in [0.4, 0.5) is 0 Å². The molecule has 0 saturated heterocycles. The summed E-state index contributed by atoms with van der Waals surface area (Å²) >= 11 is 0. The molecule has 0 aromatic heterocycles. The van der Waals surface area contributed by atoms with E-state index in [-0.39, 0.29) is 21.4 Å². The summed E-state index contributed by atoms with van der Waals surface area (Å²) < 4.78 is 24.2. The molecule has 0 rings (SSSR count). The molecule has 0 aromatic rings. The van der Waals surface area contributed by atoms with Crippen LogP contribution in [0, 0.1) is 0 Å². The van der Waals surface area contributed by atoms with Gasteiger partial charge in [-0.25, -0.2) is 13.1 Å². The summed E-state index contributed by atoms with van der Waals surface area (Å²) in [5, 5.41) is 9.65. The third-order valence-electron chi connectivity index (χ3n) is 1.95. The second-order valence-electron chi connectivity index (χ2n) is 4.03. The Morgan fingerprint density at radius 1 is 0.958 bits per heavy atom. The summed E-state index contributed by atoms with van der Waals surface area (Å²) in [5.41, 5.74) is 31.8. The predicted molar refractivity (Wildman–Crippen MR) is 121 cm³/mol. The summed E-state index contributed by atoms with van der Waals surface area (Å²) in [4.78, 5) is 0. The highest BCUT2D eigenvalue weighted by atomic mass is 32.2. The molecule has 0 aliphatic heterocycles. The first-order valence-electron chi connectivity index (χ1n) is 6.38. The molecule has 4 nitrogen and oxygen atoms in total. The first-order chi connectivity index (χ1) is 11.4. The van der Waals surface area contributed by atoms with Crippen LogP contribution in [0.2, 0.25) is 0 Å². The van der Waals surface area contributed by atoms with E-state index in [1.54, 1.807) is 0 Å². The quantitative estimate of drug-likeness (QED) is 0.675. The van der Waals surface area contributed by atoms with E-state index in [1.807, 2.05) is 0 Å². The third-order valence-corrected chi connectivity index (χ3v) is 2.75. The molecule has 0 saturated carbocycles. The minimum Gasteiger partial charge on any atom is -0.387 e. The topological polar surface area (TPSA) is 66.4 Å². The van der Waals surface area contributed by atoms with Crippen molar-refractivity contribution in [2.24, 2.45) is 0 Å². The molecule has 2 N–H and O–H groups in total. The largest absolute Gasteiger partial charge is 0.387 e. The van der Waals surface area contributed by atoms with Crippen molar-refractivity contribution in [1.82, 2.24) is 4.72 Å². The Balaban J connectivity index is -0.0000000252. The molecule has 0 unspecified atom stereocenters. The van der Waals surface area contributed by atoms with Gasteiger partial charge in [-0.15, -0.1) is 0 Å². The monoisotopic (exact) mass is 365 g/mol. The molecule has 2 atom stereocenters. The highest BCUT2D eigenvalue weighted by molar-refractivity contribution is 7.88. The van der Waals surface area contributed by atoms with Crippen molar-refractivity contribution >= 4 is 10.0 Å². The normalized spacial score (nSPS) is 10.1. The lowest BCUT2D eigenvalue weighted by atomic mass is 10.2. The van der Waals surface area contributed by atoms with Crippen LogP contribution in [0.15, 0.2) is 87.2 Å². The average Bonchev–Trinajstić information content (AvgIpc) is 2.50. The lowest BCUT2D eigenvalue weighted by Crippen LogP contribution is -2.39. The second-order valence-corrected chi connectivity index (χ2v) is 5.81. The van der Waals surface area contributed by atoms with Gasteiger partial charge in [0.15, 0.2) is 0 Å². The number of hydrogen-bond acceptors (Lipinski definition) is 3. The van der Waals surface area contributed by atoms with Crippen molar-refractivity contribution in [3.8, 4) is 0 Å². The molecule has 5 heteroatoms. The van der Waals surface area contributed by atoms with Crippen LogP contribution in [-0.2, 0) is 10.0 Å². The van der Waals surface area contributed by atoms with Crippen molar-refractivity contribution in [2.45, 2.75) is 19.1 Å². The van der Waals surface area contributed by atoms with E-state index in [9.17, 15) is 13.5 Å². The van der Waals surface area contributed by atoms with Crippen molar-refractivity contribution < 1.29 is 34.9 Å². The van der Waals surface area contributed by atoms with Crippen LogP contribution in [0.3, 0.4) is 0 Å². The van der Waals surface area contributed by atoms with Crippen LogP contribution in [-0.4, -0.2) is 31.9 Å². The fourth-order valence-electron chi connectivity index (χ4n) is 1.04. The SMILES string of the molecule is C=C=C=C=C=C=C=C=C=C=C=C=C=C=C[C@H](O)[C@H](C)NS(C)(=O)=O.[HH].[HH].[HH].[HH].[HH].[HH].[HH].[HH].[HH].[HH].[HH].[HH].[HH].[HH].[HH]. The van der Waals surface area contributed by atoms with Crippen LogP contribution in [0.5, 0.6) is 0 Å². The zero-order valence-corrected chi connectivity index (χ0v) is 13.9. The fraction of sp³-hybridized carbons (Fsp3) is 0.211. The highest BCUT2D eigenvalue weighted by Crippen LogP contribution is 1.95. The van der Waals surface area contributed by atoms with E-state index in [2.05, 4.69) is 85.8 Å². The van der Waals surface area contributed by atoms with Gasteiger partial charge in [-0.1, -0.05) is 11.5 Å². The van der Waals surface area contributed by atoms with Crippen molar-refractivity contribution in [1.29, 1.82) is 0 Å². The molecule has 0 amide bonds. The summed E-state index contributed by atoms with van der Waals surface area (Å²) in [6, 6.07) is -0.688. The van der Waals surface area contributed by atoms with Gasteiger partial charge in [0, 0.05) is 27.4 Å². The number of rotatable bonds is 4. The number of aliphatic hydroxyl groups excluding tert-OH is 1. The van der Waals surface area contributed by atoms with Gasteiger partial charge < -0.3 is 5.11 Å². The van der Waals surface area contributed by atoms with Gasteiger partial charge in [-0.2, -0.15) is 0 Å². The van der Waals surface area contributed by atoms with Crippen LogP contribution >= 0.6 is 0 Å². The summed E-state index contributed by atoms with van der Waals surface area (Å²) in [5.74, 6) is 0. The van der Waals surface area contributed by atoms with Crippen LogP contribution in [0.25, 0.3) is 0 Å². The smallest absolute Gasteiger partial charge is 0.209 e. The Morgan fingerprint density at radius 2 is 1.38 bits per heavy atom. The number of aliphatic hydroxyl groups is 1. The predicted octanol–water partition coefficient (Wildman–Crippen LogP) is 5.18. The lowest BCUT2D eigenvalue weighted by Gasteiger charge is -2.14. The van der Waals surface area contributed by atoms with Crippen molar-refractivity contribution in [3.05, 3.63) is 87.2 Å². The Hall–Kier alpha value is -3.25. The zero-order chi connectivity index (χ0) is 18.3. The fourth-order valence-corrected chi connectivity index (χ4v) is 1.86. The summed E-state index contributed by atoms with van der Waals surface area (Å²) in [6.07, 6.45) is 1.20. The van der Waals surface area contributed by atoms with Gasteiger partial charge in [0.25, 0.3) is 0 Å². The molecular weight excluding hydrogens is 322 g/mol. The molecule has 0 aliphatic carbocycles. The molecule has 148 valence electrons. The Kier molecular flexibility index (Phi) is 10.6. The van der Waals surface area contributed by atoms with E-state index in [1.165, 1.54) is 13.0 Å². The Bertz CT molecular complexity index is 1100.